The lowest BCUT2D eigenvalue weighted by atomic mass is 9.94. The van der Waals surface area contributed by atoms with Crippen LogP contribution in [0.2, 0.25) is 0 Å². The molecular weight excluding hydrogens is 330 g/mol. The van der Waals surface area contributed by atoms with Crippen molar-refractivity contribution in [3.63, 3.8) is 0 Å². The number of carbonyl (C=O) groups excluding carboxylic acids is 1. The molecule has 4 rings (SSSR count). The number of rotatable bonds is 2. The Morgan fingerprint density at radius 1 is 1.31 bits per heavy atom. The molecule has 1 aliphatic rings. The molecule has 6 heteroatoms. The van der Waals surface area contributed by atoms with E-state index in [0.29, 0.717) is 18.8 Å². The predicted octanol–water partition coefficient (Wildman–Crippen LogP) is 3.15. The molecule has 1 aromatic carbocycles. The maximum Gasteiger partial charge on any atom is 0.289 e. The van der Waals surface area contributed by atoms with Crippen molar-refractivity contribution >= 4 is 16.9 Å². The number of amides is 1. The summed E-state index contributed by atoms with van der Waals surface area (Å²) in [5.74, 6) is 0.387. The third-order valence-corrected chi connectivity index (χ3v) is 5.11. The van der Waals surface area contributed by atoms with E-state index in [2.05, 4.69) is 9.97 Å². The summed E-state index contributed by atoms with van der Waals surface area (Å²) in [6.45, 7) is 5.16. The van der Waals surface area contributed by atoms with E-state index in [1.165, 1.54) is 12.4 Å². The second-order valence-electron chi connectivity index (χ2n) is 6.98. The molecular formula is C20H21N3O3. The standard InChI is InChI=1S/C20H21N3O3/c1-12-5-6-15-13(2)19(26-17(15)8-12)20(25)23-7-3-4-14(10-23)16-9-18(24)22-11-21-16/h5-6,8-9,11,14H,3-4,7,10H2,1-2H3,(H,21,22,24)/t14-/m1/s1. The minimum atomic E-state index is -0.165. The molecule has 6 nitrogen and oxygen atoms in total. The Bertz CT molecular complexity index is 1030. The fourth-order valence-corrected chi connectivity index (χ4v) is 3.69. The van der Waals surface area contributed by atoms with E-state index < -0.39 is 0 Å². The van der Waals surface area contributed by atoms with Gasteiger partial charge in [-0.3, -0.25) is 9.59 Å². The van der Waals surface area contributed by atoms with Crippen LogP contribution in [0, 0.1) is 13.8 Å². The van der Waals surface area contributed by atoms with Crippen molar-refractivity contribution in [2.45, 2.75) is 32.6 Å². The molecule has 1 saturated heterocycles. The van der Waals surface area contributed by atoms with Gasteiger partial charge >= 0.3 is 0 Å². The average molecular weight is 351 g/mol. The van der Waals surface area contributed by atoms with Crippen LogP contribution in [0.25, 0.3) is 11.0 Å². The van der Waals surface area contributed by atoms with Gasteiger partial charge in [-0.2, -0.15) is 0 Å². The van der Waals surface area contributed by atoms with Crippen LogP contribution in [0.3, 0.4) is 0 Å². The summed E-state index contributed by atoms with van der Waals surface area (Å²) in [5, 5.41) is 0.976. The zero-order valence-electron chi connectivity index (χ0n) is 14.9. The summed E-state index contributed by atoms with van der Waals surface area (Å²) >= 11 is 0. The number of H-pyrrole nitrogens is 1. The highest BCUT2D eigenvalue weighted by molar-refractivity contribution is 5.99. The summed E-state index contributed by atoms with van der Waals surface area (Å²) in [7, 11) is 0. The molecule has 0 spiro atoms. The Morgan fingerprint density at radius 3 is 2.96 bits per heavy atom. The summed E-state index contributed by atoms with van der Waals surface area (Å²) in [4.78, 5) is 33.2. The molecule has 1 N–H and O–H groups in total. The first-order valence-electron chi connectivity index (χ1n) is 8.86. The smallest absolute Gasteiger partial charge is 0.289 e. The van der Waals surface area contributed by atoms with E-state index >= 15 is 0 Å². The van der Waals surface area contributed by atoms with Gasteiger partial charge in [0, 0.05) is 36.0 Å². The minimum absolute atomic E-state index is 0.0712. The maximum absolute atomic E-state index is 13.1. The van der Waals surface area contributed by atoms with Gasteiger partial charge in [-0.05, 0) is 38.3 Å². The predicted molar refractivity (Wildman–Crippen MR) is 98.4 cm³/mol. The van der Waals surface area contributed by atoms with Crippen LogP contribution >= 0.6 is 0 Å². The number of aromatic nitrogens is 2. The van der Waals surface area contributed by atoms with Crippen LogP contribution in [0.4, 0.5) is 0 Å². The Labute approximate surface area is 150 Å². The van der Waals surface area contributed by atoms with Crippen molar-refractivity contribution in [1.82, 2.24) is 14.9 Å². The van der Waals surface area contributed by atoms with Gasteiger partial charge in [0.15, 0.2) is 5.76 Å². The highest BCUT2D eigenvalue weighted by Gasteiger charge is 2.29. The van der Waals surface area contributed by atoms with Gasteiger partial charge in [0.05, 0.1) is 12.0 Å². The molecule has 134 valence electrons. The van der Waals surface area contributed by atoms with E-state index in [0.717, 1.165) is 40.6 Å². The number of nitrogens with zero attached hydrogens (tertiary/aromatic N) is 2. The molecule has 1 amide bonds. The monoisotopic (exact) mass is 351 g/mol. The number of furan rings is 1. The summed E-state index contributed by atoms with van der Waals surface area (Å²) in [5.41, 5.74) is 3.30. The normalized spacial score (nSPS) is 17.6. The molecule has 3 aromatic rings. The SMILES string of the molecule is Cc1ccc2c(C)c(C(=O)N3CCC[C@@H](c4cc(=O)[nH]cn4)C3)oc2c1. The third-order valence-electron chi connectivity index (χ3n) is 5.11. The molecule has 3 heterocycles. The molecule has 0 aliphatic carbocycles. The van der Waals surface area contributed by atoms with Crippen LogP contribution < -0.4 is 5.56 Å². The second-order valence-corrected chi connectivity index (χ2v) is 6.98. The minimum Gasteiger partial charge on any atom is -0.451 e. The molecule has 1 aliphatic heterocycles. The molecule has 0 unspecified atom stereocenters. The Hall–Kier alpha value is -2.89. The number of hydrogen-bond donors (Lipinski definition) is 1. The fourth-order valence-electron chi connectivity index (χ4n) is 3.69. The second kappa shape index (κ2) is 6.44. The highest BCUT2D eigenvalue weighted by Crippen LogP contribution is 2.30. The average Bonchev–Trinajstić information content (AvgIpc) is 2.97. The molecule has 2 aromatic heterocycles. The fraction of sp³-hybridized carbons (Fsp3) is 0.350. The van der Waals surface area contributed by atoms with Gasteiger partial charge in [-0.1, -0.05) is 12.1 Å². The molecule has 0 bridgehead atoms. The van der Waals surface area contributed by atoms with Crippen LogP contribution in [0.15, 0.2) is 39.8 Å². The first-order chi connectivity index (χ1) is 12.5. The first-order valence-corrected chi connectivity index (χ1v) is 8.86. The van der Waals surface area contributed by atoms with Crippen molar-refractivity contribution in [3.8, 4) is 0 Å². The molecule has 1 atom stereocenters. The topological polar surface area (TPSA) is 79.2 Å². The van der Waals surface area contributed by atoms with E-state index in [-0.39, 0.29) is 17.4 Å². The Balaban J connectivity index is 1.62. The lowest BCUT2D eigenvalue weighted by molar-refractivity contribution is 0.0675. The van der Waals surface area contributed by atoms with Gasteiger partial charge in [0.25, 0.3) is 11.5 Å². The number of fused-ring (bicyclic) bond motifs is 1. The Kier molecular flexibility index (Phi) is 4.11. The van der Waals surface area contributed by atoms with Crippen LogP contribution in [-0.2, 0) is 0 Å². The van der Waals surface area contributed by atoms with Crippen LogP contribution in [-0.4, -0.2) is 33.9 Å². The van der Waals surface area contributed by atoms with E-state index in [4.69, 9.17) is 4.42 Å². The van der Waals surface area contributed by atoms with Gasteiger partial charge in [0.2, 0.25) is 0 Å². The molecule has 1 fully saturated rings. The largest absolute Gasteiger partial charge is 0.451 e. The summed E-state index contributed by atoms with van der Waals surface area (Å²) in [6, 6.07) is 7.50. The number of hydrogen-bond acceptors (Lipinski definition) is 4. The maximum atomic E-state index is 13.1. The van der Waals surface area contributed by atoms with Crippen molar-refractivity contribution in [3.05, 3.63) is 63.5 Å². The number of nitrogens with one attached hydrogen (secondary N) is 1. The Morgan fingerprint density at radius 2 is 2.15 bits per heavy atom. The van der Waals surface area contributed by atoms with Crippen LogP contribution in [0.5, 0.6) is 0 Å². The van der Waals surface area contributed by atoms with E-state index in [9.17, 15) is 9.59 Å². The zero-order chi connectivity index (χ0) is 18.3. The van der Waals surface area contributed by atoms with Gasteiger partial charge in [0.1, 0.15) is 5.58 Å². The van der Waals surface area contributed by atoms with Crippen LogP contribution in [0.1, 0.15) is 46.1 Å². The number of benzene rings is 1. The van der Waals surface area contributed by atoms with Gasteiger partial charge in [-0.15, -0.1) is 0 Å². The van der Waals surface area contributed by atoms with Crippen molar-refractivity contribution < 1.29 is 9.21 Å². The number of aromatic amines is 1. The summed E-state index contributed by atoms with van der Waals surface area (Å²) in [6.07, 6.45) is 3.21. The van der Waals surface area contributed by atoms with E-state index in [1.54, 1.807) is 0 Å². The lowest BCUT2D eigenvalue weighted by Crippen LogP contribution is -2.39. The van der Waals surface area contributed by atoms with Crippen molar-refractivity contribution in [2.75, 3.05) is 13.1 Å². The number of carbonyl (C=O) groups is 1. The van der Waals surface area contributed by atoms with Crippen molar-refractivity contribution in [1.29, 1.82) is 0 Å². The first kappa shape index (κ1) is 16.6. The lowest BCUT2D eigenvalue weighted by Gasteiger charge is -2.32. The molecule has 0 saturated carbocycles. The highest BCUT2D eigenvalue weighted by atomic mass is 16.3. The number of piperidine rings is 1. The quantitative estimate of drug-likeness (QED) is 0.769. The number of aryl methyl sites for hydroxylation is 2. The van der Waals surface area contributed by atoms with Gasteiger partial charge < -0.3 is 14.3 Å². The zero-order valence-corrected chi connectivity index (χ0v) is 14.9. The summed E-state index contributed by atoms with van der Waals surface area (Å²) < 4.78 is 5.89. The van der Waals surface area contributed by atoms with Crippen molar-refractivity contribution in [2.24, 2.45) is 0 Å². The molecule has 0 radical (unpaired) electrons. The third kappa shape index (κ3) is 2.92. The molecule has 26 heavy (non-hydrogen) atoms. The number of likely N-dealkylation sites (tertiary alicyclic amines) is 1. The van der Waals surface area contributed by atoms with Gasteiger partial charge in [-0.25, -0.2) is 4.98 Å². The van der Waals surface area contributed by atoms with E-state index in [1.807, 2.05) is 36.9 Å².